The molecule has 5 rings (SSSR count). The van der Waals surface area contributed by atoms with Crippen LogP contribution in [0.2, 0.25) is 0 Å². The number of hydrogen-bond donors (Lipinski definition) is 2. The van der Waals surface area contributed by atoms with Crippen LogP contribution < -0.4 is 11.5 Å². The van der Waals surface area contributed by atoms with Gasteiger partial charge in [0.25, 0.3) is 0 Å². The quantitative estimate of drug-likeness (QED) is 0.309. The van der Waals surface area contributed by atoms with E-state index in [1.165, 1.54) is 41.5 Å². The molecule has 4 aromatic heterocycles. The number of thioether (sulfide) groups is 1. The molecule has 9 nitrogen and oxygen atoms in total. The van der Waals surface area contributed by atoms with Crippen molar-refractivity contribution in [1.82, 2.24) is 24.7 Å². The minimum Gasteiger partial charge on any atom is -0.461 e. The number of nitrogen functional groups attached to an aromatic ring is 1. The van der Waals surface area contributed by atoms with Crippen molar-refractivity contribution in [2.45, 2.75) is 56.0 Å². The maximum Gasteiger partial charge on any atom is 0.219 e. The molecule has 0 saturated carbocycles. The van der Waals surface area contributed by atoms with E-state index in [9.17, 15) is 4.79 Å². The van der Waals surface area contributed by atoms with Gasteiger partial charge in [-0.3, -0.25) is 9.36 Å². The number of carbonyl (C=O) groups is 1. The Morgan fingerprint density at radius 2 is 2.09 bits per heavy atom. The van der Waals surface area contributed by atoms with Crippen LogP contribution in [-0.2, 0) is 29.9 Å². The third-order valence-electron chi connectivity index (χ3n) is 5.51. The summed E-state index contributed by atoms with van der Waals surface area (Å²) in [7, 11) is 0. The lowest BCUT2D eigenvalue weighted by Gasteiger charge is -2.08. The normalized spacial score (nSPS) is 13.9. The van der Waals surface area contributed by atoms with Crippen LogP contribution in [-0.4, -0.2) is 30.6 Å². The summed E-state index contributed by atoms with van der Waals surface area (Å²) >= 11 is 3.19. The summed E-state index contributed by atoms with van der Waals surface area (Å²) in [5, 5.41) is 10.2. The van der Waals surface area contributed by atoms with E-state index in [2.05, 4.69) is 15.2 Å². The Hall–Kier alpha value is -2.92. The van der Waals surface area contributed by atoms with Crippen LogP contribution in [0.4, 0.5) is 5.82 Å². The molecule has 1 aliphatic rings. The van der Waals surface area contributed by atoms with E-state index in [1.807, 2.05) is 4.57 Å². The molecule has 0 radical (unpaired) electrons. The van der Waals surface area contributed by atoms with Gasteiger partial charge in [-0.2, -0.15) is 0 Å². The number of rotatable bonds is 7. The van der Waals surface area contributed by atoms with Gasteiger partial charge in [0.1, 0.15) is 16.5 Å². The summed E-state index contributed by atoms with van der Waals surface area (Å²) in [6.45, 7) is 0.361. The molecule has 0 atom stereocenters. The molecular weight excluding hydrogens is 446 g/mol. The Balaban J connectivity index is 1.41. The first-order valence-electron chi connectivity index (χ1n) is 10.5. The molecule has 0 fully saturated rings. The van der Waals surface area contributed by atoms with E-state index in [0.29, 0.717) is 40.7 Å². The number of nitrogens with two attached hydrogens (primary N) is 2. The molecule has 4 N–H and O–H groups in total. The molecule has 1 aliphatic carbocycles. The van der Waals surface area contributed by atoms with Crippen LogP contribution in [0.15, 0.2) is 28.0 Å². The van der Waals surface area contributed by atoms with Gasteiger partial charge in [-0.15, -0.1) is 21.5 Å². The molecule has 0 aromatic carbocycles. The van der Waals surface area contributed by atoms with Gasteiger partial charge in [0, 0.05) is 17.8 Å². The molecule has 11 heteroatoms. The number of primary amides is 1. The summed E-state index contributed by atoms with van der Waals surface area (Å²) in [6.07, 6.45) is 7.56. The van der Waals surface area contributed by atoms with E-state index in [4.69, 9.17) is 20.9 Å². The van der Waals surface area contributed by atoms with E-state index >= 15 is 0 Å². The predicted octanol–water partition coefficient (Wildman–Crippen LogP) is 3.56. The maximum atomic E-state index is 11.4. The topological polar surface area (TPSA) is 139 Å². The van der Waals surface area contributed by atoms with Gasteiger partial charge in [0.2, 0.25) is 5.91 Å². The number of aryl methyl sites for hydroxylation is 2. The zero-order valence-electron chi connectivity index (χ0n) is 17.4. The van der Waals surface area contributed by atoms with Crippen molar-refractivity contribution in [2.24, 2.45) is 5.73 Å². The number of anilines is 1. The van der Waals surface area contributed by atoms with Gasteiger partial charge in [-0.1, -0.05) is 18.2 Å². The second kappa shape index (κ2) is 8.91. The van der Waals surface area contributed by atoms with E-state index < -0.39 is 0 Å². The van der Waals surface area contributed by atoms with Crippen LogP contribution in [0, 0.1) is 0 Å². The number of amides is 1. The molecule has 0 unspecified atom stereocenters. The minimum absolute atomic E-state index is 0.176. The number of hydrogen-bond acceptors (Lipinski definition) is 9. The van der Waals surface area contributed by atoms with Gasteiger partial charge in [0.05, 0.1) is 17.4 Å². The summed E-state index contributed by atoms with van der Waals surface area (Å²) < 4.78 is 7.30. The van der Waals surface area contributed by atoms with Gasteiger partial charge in [0.15, 0.2) is 16.7 Å². The second-order valence-corrected chi connectivity index (χ2v) is 9.74. The van der Waals surface area contributed by atoms with Gasteiger partial charge < -0.3 is 15.9 Å². The van der Waals surface area contributed by atoms with Crippen LogP contribution in [0.3, 0.4) is 0 Å². The maximum absolute atomic E-state index is 11.4. The van der Waals surface area contributed by atoms with E-state index in [-0.39, 0.29) is 12.3 Å². The fourth-order valence-electron chi connectivity index (χ4n) is 4.01. The first kappa shape index (κ1) is 21.0. The molecule has 4 heterocycles. The number of aromatic nitrogens is 5. The third kappa shape index (κ3) is 4.09. The summed E-state index contributed by atoms with van der Waals surface area (Å²) in [5.74, 6) is 2.43. The zero-order valence-corrected chi connectivity index (χ0v) is 19.0. The van der Waals surface area contributed by atoms with Crippen molar-refractivity contribution >= 4 is 45.0 Å². The summed E-state index contributed by atoms with van der Waals surface area (Å²) in [5.41, 5.74) is 13.1. The largest absolute Gasteiger partial charge is 0.461 e. The third-order valence-corrected chi connectivity index (χ3v) is 7.66. The Kier molecular flexibility index (Phi) is 5.83. The molecule has 166 valence electrons. The van der Waals surface area contributed by atoms with Gasteiger partial charge in [-0.05, 0) is 43.4 Å². The fraction of sp³-hybridized carbons (Fsp3) is 0.381. The smallest absolute Gasteiger partial charge is 0.219 e. The Labute approximate surface area is 192 Å². The zero-order chi connectivity index (χ0) is 22.1. The fourth-order valence-corrected chi connectivity index (χ4v) is 6.12. The van der Waals surface area contributed by atoms with Crippen LogP contribution >= 0.6 is 23.1 Å². The van der Waals surface area contributed by atoms with E-state index in [0.717, 1.165) is 23.1 Å². The number of fused-ring (bicyclic) bond motifs is 3. The van der Waals surface area contributed by atoms with Crippen LogP contribution in [0.5, 0.6) is 0 Å². The van der Waals surface area contributed by atoms with Crippen molar-refractivity contribution < 1.29 is 9.21 Å². The lowest BCUT2D eigenvalue weighted by atomic mass is 10.1. The van der Waals surface area contributed by atoms with Crippen molar-refractivity contribution in [3.63, 3.8) is 0 Å². The highest BCUT2D eigenvalue weighted by atomic mass is 32.2. The summed E-state index contributed by atoms with van der Waals surface area (Å²) in [6, 6.07) is 3.58. The average molecular weight is 470 g/mol. The summed E-state index contributed by atoms with van der Waals surface area (Å²) in [4.78, 5) is 23.1. The van der Waals surface area contributed by atoms with Gasteiger partial charge >= 0.3 is 0 Å². The lowest BCUT2D eigenvalue weighted by Crippen LogP contribution is -2.15. The van der Waals surface area contributed by atoms with E-state index in [1.54, 1.807) is 29.7 Å². The molecule has 0 aliphatic heterocycles. The monoisotopic (exact) mass is 469 g/mol. The number of nitrogens with zero attached hydrogens (tertiary/aromatic N) is 5. The molecule has 32 heavy (non-hydrogen) atoms. The Bertz CT molecular complexity index is 1260. The van der Waals surface area contributed by atoms with Crippen LogP contribution in [0.1, 0.15) is 41.9 Å². The molecule has 1 amide bonds. The Morgan fingerprint density at radius 3 is 2.91 bits per heavy atom. The molecule has 4 aromatic rings. The van der Waals surface area contributed by atoms with Crippen molar-refractivity contribution in [3.8, 4) is 11.6 Å². The molecule has 0 bridgehead atoms. The highest BCUT2D eigenvalue weighted by molar-refractivity contribution is 7.98. The SMILES string of the molecule is NC(=O)CCn1c(SCc2nc(N)c3c4c(sc3n2)CCCCC4)nnc1-c1ccco1. The first-order chi connectivity index (χ1) is 15.6. The number of thiophene rings is 1. The number of carbonyl (C=O) groups excluding carboxylic acids is 1. The highest BCUT2D eigenvalue weighted by Gasteiger charge is 2.21. The van der Waals surface area contributed by atoms with Crippen LogP contribution in [0.25, 0.3) is 21.8 Å². The molecule has 0 saturated heterocycles. The minimum atomic E-state index is -0.390. The average Bonchev–Trinajstić information content (AvgIpc) is 3.46. The van der Waals surface area contributed by atoms with Crippen molar-refractivity contribution in [1.29, 1.82) is 0 Å². The highest BCUT2D eigenvalue weighted by Crippen LogP contribution is 2.37. The number of furan rings is 1. The van der Waals surface area contributed by atoms with Crippen molar-refractivity contribution in [3.05, 3.63) is 34.7 Å². The standard InChI is InChI=1S/C21H23N7O2S2/c22-15(29)8-9-28-19(13-6-4-10-30-13)26-27-21(28)31-11-16-24-18(23)17-12-5-2-1-3-7-14(12)32-20(17)25-16/h4,6,10H,1-3,5,7-9,11H2,(H2,22,29)(H2,23,24,25). The Morgan fingerprint density at radius 1 is 1.22 bits per heavy atom. The predicted molar refractivity (Wildman–Crippen MR) is 124 cm³/mol. The second-order valence-electron chi connectivity index (χ2n) is 7.71. The van der Waals surface area contributed by atoms with Gasteiger partial charge in [-0.25, -0.2) is 9.97 Å². The first-order valence-corrected chi connectivity index (χ1v) is 12.3. The molecular formula is C21H23N7O2S2. The lowest BCUT2D eigenvalue weighted by molar-refractivity contribution is -0.118. The van der Waals surface area contributed by atoms with Crippen molar-refractivity contribution in [2.75, 3.05) is 5.73 Å². The molecule has 0 spiro atoms.